The van der Waals surface area contributed by atoms with Gasteiger partial charge in [0.15, 0.2) is 0 Å². The highest BCUT2D eigenvalue weighted by Crippen LogP contribution is 2.36. The molecule has 0 fully saturated rings. The molecule has 2 N–H and O–H groups in total. The molecule has 1 aliphatic heterocycles. The molecule has 1 aliphatic rings. The van der Waals surface area contributed by atoms with Gasteiger partial charge in [-0.1, -0.05) is 6.92 Å². The van der Waals surface area contributed by atoms with Gasteiger partial charge in [0.1, 0.15) is 11.9 Å². The lowest BCUT2D eigenvalue weighted by atomic mass is 9.99. The molecular weight excluding hydrogens is 164 g/mol. The van der Waals surface area contributed by atoms with E-state index in [2.05, 4.69) is 11.9 Å². The first kappa shape index (κ1) is 8.51. The van der Waals surface area contributed by atoms with Crippen molar-refractivity contribution in [3.8, 4) is 5.75 Å². The quantitative estimate of drug-likeness (QED) is 0.742. The Balaban J connectivity index is 2.34. The number of fused-ring (bicyclic) bond motifs is 1. The van der Waals surface area contributed by atoms with Crippen LogP contribution in [0.4, 0.5) is 0 Å². The van der Waals surface area contributed by atoms with Gasteiger partial charge in [-0.2, -0.15) is 0 Å². The second-order valence-corrected chi connectivity index (χ2v) is 3.29. The van der Waals surface area contributed by atoms with Crippen LogP contribution in [-0.2, 0) is 0 Å². The van der Waals surface area contributed by atoms with E-state index in [-0.39, 0.29) is 12.0 Å². The van der Waals surface area contributed by atoms with E-state index in [9.17, 15) is 0 Å². The normalized spacial score (nSPS) is 25.4. The van der Waals surface area contributed by atoms with E-state index in [1.807, 2.05) is 12.1 Å². The topological polar surface area (TPSA) is 48.1 Å². The van der Waals surface area contributed by atoms with Crippen molar-refractivity contribution in [3.63, 3.8) is 0 Å². The first-order chi connectivity index (χ1) is 6.36. The van der Waals surface area contributed by atoms with Gasteiger partial charge in [-0.3, -0.25) is 4.98 Å². The molecule has 1 aromatic heterocycles. The molecule has 2 heterocycles. The predicted molar refractivity (Wildman–Crippen MR) is 50.7 cm³/mol. The molecule has 2 rings (SSSR count). The summed E-state index contributed by atoms with van der Waals surface area (Å²) in [6.07, 6.45) is 3.00. The largest absolute Gasteiger partial charge is 0.488 e. The zero-order valence-corrected chi connectivity index (χ0v) is 7.73. The van der Waals surface area contributed by atoms with Crippen molar-refractivity contribution in [2.75, 3.05) is 6.54 Å². The molecule has 0 bridgehead atoms. The summed E-state index contributed by atoms with van der Waals surface area (Å²) in [6, 6.07) is 3.85. The van der Waals surface area contributed by atoms with Gasteiger partial charge in [0.25, 0.3) is 0 Å². The summed E-state index contributed by atoms with van der Waals surface area (Å²) in [5.74, 6) is 1.19. The lowest BCUT2D eigenvalue weighted by Gasteiger charge is -2.13. The molecule has 0 saturated carbocycles. The summed E-state index contributed by atoms with van der Waals surface area (Å²) in [6.45, 7) is 2.72. The van der Waals surface area contributed by atoms with Crippen LogP contribution >= 0.6 is 0 Å². The minimum atomic E-state index is 0.217. The third-order valence-corrected chi connectivity index (χ3v) is 2.53. The first-order valence-corrected chi connectivity index (χ1v) is 4.68. The Labute approximate surface area is 77.9 Å². The highest BCUT2D eigenvalue weighted by molar-refractivity contribution is 5.35. The van der Waals surface area contributed by atoms with Crippen LogP contribution in [-0.4, -0.2) is 17.6 Å². The van der Waals surface area contributed by atoms with Crippen molar-refractivity contribution >= 4 is 0 Å². The van der Waals surface area contributed by atoms with E-state index >= 15 is 0 Å². The van der Waals surface area contributed by atoms with Crippen LogP contribution in [0.2, 0.25) is 0 Å². The summed E-state index contributed by atoms with van der Waals surface area (Å²) in [5.41, 5.74) is 6.72. The third kappa shape index (κ3) is 1.29. The second kappa shape index (κ2) is 3.34. The van der Waals surface area contributed by atoms with Crippen molar-refractivity contribution < 1.29 is 4.74 Å². The van der Waals surface area contributed by atoms with Crippen LogP contribution in [0.1, 0.15) is 25.0 Å². The molecule has 70 valence electrons. The van der Waals surface area contributed by atoms with Gasteiger partial charge in [-0.15, -0.1) is 0 Å². The first-order valence-electron chi connectivity index (χ1n) is 4.68. The Morgan fingerprint density at radius 1 is 1.62 bits per heavy atom. The summed E-state index contributed by atoms with van der Waals surface area (Å²) in [5, 5.41) is 0. The van der Waals surface area contributed by atoms with E-state index in [1.165, 1.54) is 0 Å². The monoisotopic (exact) mass is 178 g/mol. The Bertz CT molecular complexity index is 301. The Morgan fingerprint density at radius 3 is 3.15 bits per heavy atom. The van der Waals surface area contributed by atoms with Gasteiger partial charge < -0.3 is 10.5 Å². The lowest BCUT2D eigenvalue weighted by molar-refractivity contribution is 0.202. The summed E-state index contributed by atoms with van der Waals surface area (Å²) in [4.78, 5) is 4.30. The smallest absolute Gasteiger partial charge is 0.141 e. The molecule has 1 aromatic rings. The SMILES string of the molecule is CC[C@H]1Oc2cccnc2[C@@H]1CN. The van der Waals surface area contributed by atoms with E-state index in [0.717, 1.165) is 17.9 Å². The number of rotatable bonds is 2. The van der Waals surface area contributed by atoms with Crippen molar-refractivity contribution in [3.05, 3.63) is 24.0 Å². The van der Waals surface area contributed by atoms with Crippen LogP contribution in [0.25, 0.3) is 0 Å². The minimum Gasteiger partial charge on any atom is -0.488 e. The van der Waals surface area contributed by atoms with Crippen LogP contribution < -0.4 is 10.5 Å². The molecule has 0 spiro atoms. The fourth-order valence-electron chi connectivity index (χ4n) is 1.83. The van der Waals surface area contributed by atoms with Gasteiger partial charge in [0.2, 0.25) is 0 Å². The van der Waals surface area contributed by atoms with Crippen molar-refractivity contribution in [2.24, 2.45) is 5.73 Å². The second-order valence-electron chi connectivity index (χ2n) is 3.29. The standard InChI is InChI=1S/C10H14N2O/c1-2-8-7(6-11)10-9(13-8)4-3-5-12-10/h3-5,7-8H,2,6,11H2,1H3/t7-,8-/m1/s1. The molecule has 13 heavy (non-hydrogen) atoms. The molecule has 0 unspecified atom stereocenters. The van der Waals surface area contributed by atoms with Crippen molar-refractivity contribution in [2.45, 2.75) is 25.4 Å². The van der Waals surface area contributed by atoms with Gasteiger partial charge in [-0.25, -0.2) is 0 Å². The predicted octanol–water partition coefficient (Wildman–Crippen LogP) is 1.29. The van der Waals surface area contributed by atoms with E-state index < -0.39 is 0 Å². The molecule has 0 aliphatic carbocycles. The fraction of sp³-hybridized carbons (Fsp3) is 0.500. The molecule has 3 heteroatoms. The number of hydrogen-bond donors (Lipinski definition) is 1. The van der Waals surface area contributed by atoms with Crippen LogP contribution in [0.5, 0.6) is 5.75 Å². The molecule has 0 amide bonds. The fourth-order valence-corrected chi connectivity index (χ4v) is 1.83. The maximum Gasteiger partial charge on any atom is 0.141 e. The Hall–Kier alpha value is -1.09. The number of nitrogens with zero attached hydrogens (tertiary/aromatic N) is 1. The summed E-state index contributed by atoms with van der Waals surface area (Å²) >= 11 is 0. The minimum absolute atomic E-state index is 0.217. The van der Waals surface area contributed by atoms with Gasteiger partial charge >= 0.3 is 0 Å². The highest BCUT2D eigenvalue weighted by atomic mass is 16.5. The number of aromatic nitrogens is 1. The average molecular weight is 178 g/mol. The Kier molecular flexibility index (Phi) is 2.19. The highest BCUT2D eigenvalue weighted by Gasteiger charge is 2.32. The number of nitrogens with two attached hydrogens (primary N) is 1. The molecule has 2 atom stereocenters. The van der Waals surface area contributed by atoms with Gasteiger partial charge in [-0.05, 0) is 18.6 Å². The van der Waals surface area contributed by atoms with E-state index in [1.54, 1.807) is 6.20 Å². The zero-order chi connectivity index (χ0) is 9.26. The van der Waals surface area contributed by atoms with Crippen LogP contribution in [0.15, 0.2) is 18.3 Å². The molecule has 0 aromatic carbocycles. The van der Waals surface area contributed by atoms with E-state index in [4.69, 9.17) is 10.5 Å². The molecule has 0 saturated heterocycles. The maximum absolute atomic E-state index is 5.72. The number of pyridine rings is 1. The number of ether oxygens (including phenoxy) is 1. The van der Waals surface area contributed by atoms with Crippen molar-refractivity contribution in [1.82, 2.24) is 4.98 Å². The van der Waals surface area contributed by atoms with Gasteiger partial charge in [0.05, 0.1) is 11.6 Å². The summed E-state index contributed by atoms with van der Waals surface area (Å²) in [7, 11) is 0. The van der Waals surface area contributed by atoms with Gasteiger partial charge in [0, 0.05) is 12.7 Å². The maximum atomic E-state index is 5.72. The molecular formula is C10H14N2O. The average Bonchev–Trinajstić information content (AvgIpc) is 2.55. The summed E-state index contributed by atoms with van der Waals surface area (Å²) < 4.78 is 5.72. The molecule has 3 nitrogen and oxygen atoms in total. The number of hydrogen-bond acceptors (Lipinski definition) is 3. The molecule has 0 radical (unpaired) electrons. The van der Waals surface area contributed by atoms with Crippen LogP contribution in [0.3, 0.4) is 0 Å². The zero-order valence-electron chi connectivity index (χ0n) is 7.73. The third-order valence-electron chi connectivity index (χ3n) is 2.53. The Morgan fingerprint density at radius 2 is 2.46 bits per heavy atom. The van der Waals surface area contributed by atoms with Crippen LogP contribution in [0, 0.1) is 0 Å². The van der Waals surface area contributed by atoms with Crippen molar-refractivity contribution in [1.29, 1.82) is 0 Å². The van der Waals surface area contributed by atoms with E-state index in [0.29, 0.717) is 6.54 Å². The lowest BCUT2D eigenvalue weighted by Crippen LogP contribution is -2.24.